The molecule has 0 bridgehead atoms. The Hall–Kier alpha value is -3.00. The number of carbonyl (C=O) groups excluding carboxylic acids is 1. The number of aromatic nitrogens is 4. The van der Waals surface area contributed by atoms with Crippen molar-refractivity contribution in [3.05, 3.63) is 48.5 Å². The number of rotatable bonds is 5. The van der Waals surface area contributed by atoms with Gasteiger partial charge in [0.1, 0.15) is 12.1 Å². The van der Waals surface area contributed by atoms with Gasteiger partial charge in [-0.3, -0.25) is 9.48 Å². The minimum atomic E-state index is -0.130. The lowest BCUT2D eigenvalue weighted by Gasteiger charge is -2.22. The second kappa shape index (κ2) is 7.55. The molecule has 1 aliphatic heterocycles. The fraction of sp³-hybridized carbons (Fsp3) is 0.400. The maximum absolute atomic E-state index is 13.1. The standard InChI is InChI=1S/C20H25N7O/c1-25(2)10-14-11-27(18-8-9-21-13-22-18)12-16(14)23-20(28)19-15-6-4-5-7-17(15)26(3)24-19/h4-9,13-14,16H,10-12H2,1-3H3,(H,23,28)/t14-,16-/m1/s1. The zero-order valence-electron chi connectivity index (χ0n) is 16.4. The van der Waals surface area contributed by atoms with Gasteiger partial charge in [-0.1, -0.05) is 18.2 Å². The highest BCUT2D eigenvalue weighted by atomic mass is 16.2. The summed E-state index contributed by atoms with van der Waals surface area (Å²) in [4.78, 5) is 25.8. The summed E-state index contributed by atoms with van der Waals surface area (Å²) in [7, 11) is 5.97. The lowest BCUT2D eigenvalue weighted by Crippen LogP contribution is -2.43. The Kier molecular flexibility index (Phi) is 4.95. The molecule has 0 saturated carbocycles. The van der Waals surface area contributed by atoms with Crippen molar-refractivity contribution in [1.29, 1.82) is 0 Å². The molecule has 1 amide bonds. The Morgan fingerprint density at radius 3 is 2.82 bits per heavy atom. The average molecular weight is 379 g/mol. The second-order valence-corrected chi connectivity index (χ2v) is 7.56. The topological polar surface area (TPSA) is 79.2 Å². The first-order valence-electron chi connectivity index (χ1n) is 9.41. The monoisotopic (exact) mass is 379 g/mol. The van der Waals surface area contributed by atoms with Crippen LogP contribution in [-0.4, -0.2) is 70.3 Å². The van der Waals surface area contributed by atoms with Crippen LogP contribution < -0.4 is 10.2 Å². The largest absolute Gasteiger partial charge is 0.354 e. The number of hydrogen-bond donors (Lipinski definition) is 1. The summed E-state index contributed by atoms with van der Waals surface area (Å²) in [6.07, 6.45) is 3.30. The number of nitrogens with one attached hydrogen (secondary N) is 1. The van der Waals surface area contributed by atoms with Gasteiger partial charge in [0, 0.05) is 44.2 Å². The van der Waals surface area contributed by atoms with E-state index in [2.05, 4.69) is 44.3 Å². The van der Waals surface area contributed by atoms with Crippen LogP contribution in [-0.2, 0) is 7.05 Å². The molecule has 2 atom stereocenters. The number of benzene rings is 1. The van der Waals surface area contributed by atoms with Crippen LogP contribution in [0.15, 0.2) is 42.9 Å². The molecule has 1 fully saturated rings. The maximum Gasteiger partial charge on any atom is 0.272 e. The molecule has 1 saturated heterocycles. The van der Waals surface area contributed by atoms with Gasteiger partial charge in [0.15, 0.2) is 5.69 Å². The first kappa shape index (κ1) is 18.4. The number of nitrogens with zero attached hydrogens (tertiary/aromatic N) is 6. The molecule has 1 aromatic carbocycles. The number of amides is 1. The van der Waals surface area contributed by atoms with E-state index in [-0.39, 0.29) is 11.9 Å². The van der Waals surface area contributed by atoms with Crippen molar-refractivity contribution >= 4 is 22.6 Å². The molecule has 28 heavy (non-hydrogen) atoms. The van der Waals surface area contributed by atoms with E-state index in [9.17, 15) is 4.79 Å². The van der Waals surface area contributed by atoms with Gasteiger partial charge >= 0.3 is 0 Å². The van der Waals surface area contributed by atoms with Gasteiger partial charge < -0.3 is 15.1 Å². The number of aryl methyl sites for hydroxylation is 1. The highest BCUT2D eigenvalue weighted by Crippen LogP contribution is 2.24. The van der Waals surface area contributed by atoms with Crippen LogP contribution in [0.2, 0.25) is 0 Å². The molecule has 8 nitrogen and oxygen atoms in total. The highest BCUT2D eigenvalue weighted by molar-refractivity contribution is 6.05. The smallest absolute Gasteiger partial charge is 0.272 e. The Morgan fingerprint density at radius 2 is 2.07 bits per heavy atom. The Labute approximate surface area is 164 Å². The molecule has 2 aromatic heterocycles. The summed E-state index contributed by atoms with van der Waals surface area (Å²) in [6.45, 7) is 2.44. The molecule has 3 heterocycles. The van der Waals surface area contributed by atoms with E-state index in [1.54, 1.807) is 17.2 Å². The molecule has 4 rings (SSSR count). The number of fused-ring (bicyclic) bond motifs is 1. The third-order valence-electron chi connectivity index (χ3n) is 5.22. The van der Waals surface area contributed by atoms with Gasteiger partial charge in [-0.15, -0.1) is 0 Å². The molecular formula is C20H25N7O. The summed E-state index contributed by atoms with van der Waals surface area (Å²) in [5.74, 6) is 1.05. The van der Waals surface area contributed by atoms with Crippen LogP contribution in [0.25, 0.3) is 10.9 Å². The summed E-state index contributed by atoms with van der Waals surface area (Å²) in [5, 5.41) is 8.56. The van der Waals surface area contributed by atoms with Crippen LogP contribution in [0.1, 0.15) is 10.5 Å². The van der Waals surface area contributed by atoms with E-state index >= 15 is 0 Å². The highest BCUT2D eigenvalue weighted by Gasteiger charge is 2.35. The summed E-state index contributed by atoms with van der Waals surface area (Å²) in [6, 6.07) is 9.72. The third-order valence-corrected chi connectivity index (χ3v) is 5.22. The van der Waals surface area contributed by atoms with Gasteiger partial charge in [-0.2, -0.15) is 5.10 Å². The van der Waals surface area contributed by atoms with E-state index in [1.807, 2.05) is 37.4 Å². The number of carbonyl (C=O) groups is 1. The van der Waals surface area contributed by atoms with Crippen molar-refractivity contribution in [2.24, 2.45) is 13.0 Å². The van der Waals surface area contributed by atoms with Crippen molar-refractivity contribution < 1.29 is 4.79 Å². The van der Waals surface area contributed by atoms with E-state index in [0.29, 0.717) is 18.2 Å². The fourth-order valence-corrected chi connectivity index (χ4v) is 3.96. The lowest BCUT2D eigenvalue weighted by atomic mass is 10.0. The van der Waals surface area contributed by atoms with Crippen LogP contribution in [0.4, 0.5) is 5.82 Å². The SMILES string of the molecule is CN(C)C[C@@H]1CN(c2ccncn2)C[C@H]1NC(=O)c1nn(C)c2ccccc12. The van der Waals surface area contributed by atoms with Crippen LogP contribution in [0.5, 0.6) is 0 Å². The lowest BCUT2D eigenvalue weighted by molar-refractivity contribution is 0.0923. The van der Waals surface area contributed by atoms with Crippen LogP contribution >= 0.6 is 0 Å². The molecular weight excluding hydrogens is 354 g/mol. The molecule has 0 spiro atoms. The summed E-state index contributed by atoms with van der Waals surface area (Å²) < 4.78 is 1.75. The number of hydrogen-bond acceptors (Lipinski definition) is 6. The Balaban J connectivity index is 1.56. The minimum Gasteiger partial charge on any atom is -0.354 e. The molecule has 1 aliphatic rings. The van der Waals surface area contributed by atoms with E-state index in [1.165, 1.54) is 0 Å². The first-order chi connectivity index (χ1) is 13.5. The van der Waals surface area contributed by atoms with Crippen molar-refractivity contribution in [3.63, 3.8) is 0 Å². The molecule has 1 N–H and O–H groups in total. The number of anilines is 1. The van der Waals surface area contributed by atoms with E-state index in [0.717, 1.165) is 29.8 Å². The first-order valence-corrected chi connectivity index (χ1v) is 9.41. The van der Waals surface area contributed by atoms with E-state index in [4.69, 9.17) is 0 Å². The predicted octanol–water partition coefficient (Wildman–Crippen LogP) is 1.16. The van der Waals surface area contributed by atoms with Gasteiger partial charge in [0.05, 0.1) is 11.6 Å². The molecule has 0 unspecified atom stereocenters. The molecule has 0 radical (unpaired) electrons. The normalized spacial score (nSPS) is 19.5. The van der Waals surface area contributed by atoms with Crippen molar-refractivity contribution in [2.75, 3.05) is 38.6 Å². The zero-order chi connectivity index (χ0) is 19.7. The van der Waals surface area contributed by atoms with Crippen molar-refractivity contribution in [2.45, 2.75) is 6.04 Å². The maximum atomic E-state index is 13.1. The van der Waals surface area contributed by atoms with Gasteiger partial charge in [0.2, 0.25) is 0 Å². The predicted molar refractivity (Wildman–Crippen MR) is 108 cm³/mol. The third kappa shape index (κ3) is 3.55. The minimum absolute atomic E-state index is 0.0191. The van der Waals surface area contributed by atoms with Crippen LogP contribution in [0.3, 0.4) is 0 Å². The average Bonchev–Trinajstić information content (AvgIpc) is 3.24. The summed E-state index contributed by atoms with van der Waals surface area (Å²) in [5.41, 5.74) is 1.42. The number of para-hydroxylation sites is 1. The van der Waals surface area contributed by atoms with Crippen molar-refractivity contribution in [3.8, 4) is 0 Å². The Morgan fingerprint density at radius 1 is 1.25 bits per heavy atom. The Bertz CT molecular complexity index is 969. The quantitative estimate of drug-likeness (QED) is 0.717. The molecule has 0 aliphatic carbocycles. The van der Waals surface area contributed by atoms with Gasteiger partial charge in [-0.05, 0) is 26.2 Å². The molecule has 146 valence electrons. The summed E-state index contributed by atoms with van der Waals surface area (Å²) >= 11 is 0. The zero-order valence-corrected chi connectivity index (χ0v) is 16.4. The van der Waals surface area contributed by atoms with Crippen molar-refractivity contribution in [1.82, 2.24) is 30.0 Å². The van der Waals surface area contributed by atoms with Crippen LogP contribution in [0, 0.1) is 5.92 Å². The van der Waals surface area contributed by atoms with E-state index < -0.39 is 0 Å². The van der Waals surface area contributed by atoms with Gasteiger partial charge in [-0.25, -0.2) is 9.97 Å². The fourth-order valence-electron chi connectivity index (χ4n) is 3.96. The molecule has 8 heteroatoms. The molecule has 3 aromatic rings. The van der Waals surface area contributed by atoms with Gasteiger partial charge in [0.25, 0.3) is 5.91 Å². The second-order valence-electron chi connectivity index (χ2n) is 7.56.